The summed E-state index contributed by atoms with van der Waals surface area (Å²) >= 11 is 0. The van der Waals surface area contributed by atoms with Crippen LogP contribution < -0.4 is 0 Å². The topological polar surface area (TPSA) is 23.5 Å². The van der Waals surface area contributed by atoms with E-state index >= 15 is 0 Å². The number of hydrogen-bond donors (Lipinski definition) is 1. The second-order valence-electron chi connectivity index (χ2n) is 4.02. The lowest BCUT2D eigenvalue weighted by atomic mass is 9.94. The lowest BCUT2D eigenvalue weighted by molar-refractivity contribution is -0.0207. The van der Waals surface area contributed by atoms with Gasteiger partial charge >= 0.3 is 0 Å². The Labute approximate surface area is 81.9 Å². The number of nitrogens with zero attached hydrogens (tertiary/aromatic N) is 1. The van der Waals surface area contributed by atoms with Crippen LogP contribution in [0.3, 0.4) is 0 Å². The molecule has 0 aromatic rings. The zero-order valence-electron chi connectivity index (χ0n) is 8.71. The molecule has 0 saturated heterocycles. The first-order chi connectivity index (χ1) is 6.25. The smallest absolute Gasteiger partial charge is 0.104 e. The predicted molar refractivity (Wildman–Crippen MR) is 55.2 cm³/mol. The highest BCUT2D eigenvalue weighted by molar-refractivity contribution is 4.76. The van der Waals surface area contributed by atoms with Gasteiger partial charge in [0.2, 0.25) is 0 Å². The zero-order chi connectivity index (χ0) is 9.68. The van der Waals surface area contributed by atoms with Gasteiger partial charge in [0.15, 0.2) is 0 Å². The van der Waals surface area contributed by atoms with Crippen LogP contribution >= 0.6 is 0 Å². The van der Waals surface area contributed by atoms with Crippen molar-refractivity contribution in [1.82, 2.24) is 4.90 Å². The summed E-state index contributed by atoms with van der Waals surface area (Å²) in [5, 5.41) is 9.59. The maximum absolute atomic E-state index is 9.59. The van der Waals surface area contributed by atoms with Gasteiger partial charge in [-0.1, -0.05) is 26.2 Å². The molecular weight excluding hydrogens is 162 g/mol. The minimum atomic E-state index is -0.301. The maximum Gasteiger partial charge on any atom is 0.104 e. The molecule has 1 radical (unpaired) electrons. The van der Waals surface area contributed by atoms with Gasteiger partial charge in [-0.3, -0.25) is 4.90 Å². The first-order valence-corrected chi connectivity index (χ1v) is 5.48. The van der Waals surface area contributed by atoms with E-state index in [1.807, 2.05) is 6.92 Å². The van der Waals surface area contributed by atoms with E-state index in [0.717, 1.165) is 13.0 Å². The normalized spacial score (nSPS) is 22.2. The summed E-state index contributed by atoms with van der Waals surface area (Å²) in [7, 11) is 0. The Morgan fingerprint density at radius 1 is 1.38 bits per heavy atom. The number of rotatable bonds is 4. The van der Waals surface area contributed by atoms with Crippen molar-refractivity contribution >= 4 is 0 Å². The van der Waals surface area contributed by atoms with E-state index in [9.17, 15) is 5.11 Å². The molecule has 2 heteroatoms. The quantitative estimate of drug-likeness (QED) is 0.677. The SMILES string of the molecule is [CH2]CCN(C(C)O)C1CCCCC1. The van der Waals surface area contributed by atoms with Gasteiger partial charge in [0, 0.05) is 12.6 Å². The van der Waals surface area contributed by atoms with Crippen molar-refractivity contribution in [2.45, 2.75) is 57.7 Å². The van der Waals surface area contributed by atoms with Crippen molar-refractivity contribution in [3.05, 3.63) is 6.92 Å². The van der Waals surface area contributed by atoms with Gasteiger partial charge in [-0.2, -0.15) is 0 Å². The fourth-order valence-electron chi connectivity index (χ4n) is 2.27. The molecule has 0 aromatic carbocycles. The second kappa shape index (κ2) is 5.61. The van der Waals surface area contributed by atoms with Crippen molar-refractivity contribution < 1.29 is 5.11 Å². The first kappa shape index (κ1) is 11.0. The molecule has 0 spiro atoms. The molecule has 1 saturated carbocycles. The highest BCUT2D eigenvalue weighted by Crippen LogP contribution is 2.23. The van der Waals surface area contributed by atoms with Crippen molar-refractivity contribution in [2.24, 2.45) is 0 Å². The first-order valence-electron chi connectivity index (χ1n) is 5.48. The molecule has 0 heterocycles. The summed E-state index contributed by atoms with van der Waals surface area (Å²) in [5.41, 5.74) is 0. The van der Waals surface area contributed by atoms with Gasteiger partial charge in [0.25, 0.3) is 0 Å². The Morgan fingerprint density at radius 2 is 2.00 bits per heavy atom. The molecule has 1 aliphatic carbocycles. The van der Waals surface area contributed by atoms with Crippen molar-refractivity contribution in [2.75, 3.05) is 6.54 Å². The van der Waals surface area contributed by atoms with Crippen molar-refractivity contribution in [3.8, 4) is 0 Å². The Kier molecular flexibility index (Phi) is 4.74. The molecule has 2 nitrogen and oxygen atoms in total. The summed E-state index contributed by atoms with van der Waals surface area (Å²) in [6.45, 7) is 6.65. The monoisotopic (exact) mass is 184 g/mol. The minimum Gasteiger partial charge on any atom is -0.379 e. The van der Waals surface area contributed by atoms with Gasteiger partial charge in [-0.25, -0.2) is 0 Å². The molecule has 0 aliphatic heterocycles. The third-order valence-corrected chi connectivity index (χ3v) is 2.94. The van der Waals surface area contributed by atoms with Crippen LogP contribution in [0, 0.1) is 6.92 Å². The molecule has 0 bridgehead atoms. The van der Waals surface area contributed by atoms with Crippen molar-refractivity contribution in [1.29, 1.82) is 0 Å². The van der Waals surface area contributed by atoms with Gasteiger partial charge in [-0.05, 0) is 26.2 Å². The van der Waals surface area contributed by atoms with Crippen LogP contribution in [0.4, 0.5) is 0 Å². The van der Waals surface area contributed by atoms with Gasteiger partial charge in [0.05, 0.1) is 0 Å². The van der Waals surface area contributed by atoms with E-state index in [0.29, 0.717) is 6.04 Å². The summed E-state index contributed by atoms with van der Waals surface area (Å²) < 4.78 is 0. The molecule has 1 atom stereocenters. The molecular formula is C11H22NO. The lowest BCUT2D eigenvalue weighted by Crippen LogP contribution is -2.43. The number of aliphatic hydroxyl groups is 1. The lowest BCUT2D eigenvalue weighted by Gasteiger charge is -2.36. The van der Waals surface area contributed by atoms with Gasteiger partial charge in [-0.15, -0.1) is 0 Å². The predicted octanol–water partition coefficient (Wildman–Crippen LogP) is 2.18. The minimum absolute atomic E-state index is 0.301. The molecule has 1 N–H and O–H groups in total. The molecule has 1 fully saturated rings. The second-order valence-corrected chi connectivity index (χ2v) is 4.02. The summed E-state index contributed by atoms with van der Waals surface area (Å²) in [5.74, 6) is 0. The largest absolute Gasteiger partial charge is 0.379 e. The number of hydrogen-bond acceptors (Lipinski definition) is 2. The summed E-state index contributed by atoms with van der Waals surface area (Å²) in [4.78, 5) is 2.20. The van der Waals surface area contributed by atoms with Crippen LogP contribution in [-0.2, 0) is 0 Å². The van der Waals surface area contributed by atoms with Crippen LogP contribution in [-0.4, -0.2) is 28.8 Å². The summed E-state index contributed by atoms with van der Waals surface area (Å²) in [6.07, 6.45) is 7.12. The maximum atomic E-state index is 9.59. The highest BCUT2D eigenvalue weighted by Gasteiger charge is 2.22. The van der Waals surface area contributed by atoms with Gasteiger partial charge < -0.3 is 5.11 Å². The average molecular weight is 184 g/mol. The fraction of sp³-hybridized carbons (Fsp3) is 0.909. The summed E-state index contributed by atoms with van der Waals surface area (Å²) in [6, 6.07) is 0.607. The Balaban J connectivity index is 2.41. The van der Waals surface area contributed by atoms with E-state index < -0.39 is 0 Å². The Morgan fingerprint density at radius 3 is 2.46 bits per heavy atom. The molecule has 1 rings (SSSR count). The highest BCUT2D eigenvalue weighted by atomic mass is 16.3. The van der Waals surface area contributed by atoms with E-state index in [1.54, 1.807) is 0 Å². The van der Waals surface area contributed by atoms with Crippen LogP contribution in [0.15, 0.2) is 0 Å². The zero-order valence-corrected chi connectivity index (χ0v) is 8.71. The van der Waals surface area contributed by atoms with Gasteiger partial charge in [0.1, 0.15) is 6.23 Å². The van der Waals surface area contributed by atoms with Crippen LogP contribution in [0.1, 0.15) is 45.4 Å². The van der Waals surface area contributed by atoms with Crippen molar-refractivity contribution in [3.63, 3.8) is 0 Å². The van der Waals surface area contributed by atoms with Crippen LogP contribution in [0.25, 0.3) is 0 Å². The molecule has 1 aliphatic rings. The Hall–Kier alpha value is -0.0800. The average Bonchev–Trinajstić information content (AvgIpc) is 2.15. The molecule has 0 amide bonds. The fourth-order valence-corrected chi connectivity index (χ4v) is 2.27. The number of aliphatic hydroxyl groups excluding tert-OH is 1. The van der Waals surface area contributed by atoms with Crippen LogP contribution in [0.5, 0.6) is 0 Å². The molecule has 0 aromatic heterocycles. The van der Waals surface area contributed by atoms with E-state index in [2.05, 4.69) is 11.8 Å². The third kappa shape index (κ3) is 3.28. The molecule has 13 heavy (non-hydrogen) atoms. The molecule has 1 unspecified atom stereocenters. The van der Waals surface area contributed by atoms with E-state index in [4.69, 9.17) is 0 Å². The third-order valence-electron chi connectivity index (χ3n) is 2.94. The van der Waals surface area contributed by atoms with E-state index in [1.165, 1.54) is 32.1 Å². The standard InChI is InChI=1S/C11H22NO/c1-3-9-12(10(2)13)11-7-5-4-6-8-11/h10-11,13H,1,3-9H2,2H3. The molecule has 77 valence electrons. The Bertz CT molecular complexity index is 130. The van der Waals surface area contributed by atoms with E-state index in [-0.39, 0.29) is 6.23 Å². The van der Waals surface area contributed by atoms with Crippen LogP contribution in [0.2, 0.25) is 0 Å².